The van der Waals surface area contributed by atoms with Crippen LogP contribution >= 0.6 is 34.8 Å². The summed E-state index contributed by atoms with van der Waals surface area (Å²) in [6.45, 7) is 3.00. The van der Waals surface area contributed by atoms with Crippen LogP contribution < -0.4 is 18.9 Å². The smallest absolute Gasteiger partial charge is 0.410 e. The van der Waals surface area contributed by atoms with Gasteiger partial charge in [-0.1, -0.05) is 46.9 Å². The summed E-state index contributed by atoms with van der Waals surface area (Å²) < 4.78 is 33.5. The first kappa shape index (κ1) is 39.7. The van der Waals surface area contributed by atoms with E-state index in [0.29, 0.717) is 56.6 Å². The second-order valence-corrected chi connectivity index (χ2v) is 13.9. The highest BCUT2D eigenvalue weighted by molar-refractivity contribution is 6.37. The first-order valence-electron chi connectivity index (χ1n) is 17.3. The molecule has 17 heteroatoms. The van der Waals surface area contributed by atoms with Crippen molar-refractivity contribution >= 4 is 52.4 Å². The lowest BCUT2D eigenvalue weighted by molar-refractivity contribution is -0.493. The third-order valence-electron chi connectivity index (χ3n) is 8.82. The Balaban J connectivity index is 1.15. The summed E-state index contributed by atoms with van der Waals surface area (Å²) in [6, 6.07) is 14.5. The summed E-state index contributed by atoms with van der Waals surface area (Å²) in [6.07, 6.45) is 1.50. The minimum absolute atomic E-state index is 0.0163. The monoisotopic (exact) mass is 807 g/mol. The molecule has 3 aromatic carbocycles. The van der Waals surface area contributed by atoms with Gasteiger partial charge in [-0.2, -0.15) is 0 Å². The van der Waals surface area contributed by atoms with Gasteiger partial charge in [-0.15, -0.1) is 0 Å². The number of amides is 2. The van der Waals surface area contributed by atoms with Gasteiger partial charge in [-0.3, -0.25) is 15.2 Å². The van der Waals surface area contributed by atoms with Crippen molar-refractivity contribution in [3.63, 3.8) is 0 Å². The highest BCUT2D eigenvalue weighted by Crippen LogP contribution is 2.40. The predicted molar refractivity (Wildman–Crippen MR) is 196 cm³/mol. The minimum Gasteiger partial charge on any atom is -0.490 e. The summed E-state index contributed by atoms with van der Waals surface area (Å²) in [5.74, 6) is 1.94. The molecule has 0 atom stereocenters. The number of fused-ring (bicyclic) bond motifs is 1. The van der Waals surface area contributed by atoms with Crippen LogP contribution in [-0.2, 0) is 25.7 Å². The summed E-state index contributed by atoms with van der Waals surface area (Å²) in [7, 11) is 0. The zero-order valence-electron chi connectivity index (χ0n) is 29.4. The number of carbonyl (C=O) groups is 2. The Hall–Kier alpha value is -3.99. The van der Waals surface area contributed by atoms with Crippen LogP contribution in [-0.4, -0.2) is 103 Å². The molecule has 1 saturated carbocycles. The van der Waals surface area contributed by atoms with Crippen LogP contribution in [0.1, 0.15) is 36.0 Å². The van der Waals surface area contributed by atoms with Crippen LogP contribution in [0.5, 0.6) is 23.0 Å². The molecule has 1 aliphatic carbocycles. The van der Waals surface area contributed by atoms with Crippen LogP contribution in [0.15, 0.2) is 54.1 Å². The molecule has 0 saturated heterocycles. The van der Waals surface area contributed by atoms with Crippen LogP contribution in [0, 0.1) is 6.92 Å². The van der Waals surface area contributed by atoms with Gasteiger partial charge in [0.05, 0.1) is 41.8 Å². The lowest BCUT2D eigenvalue weighted by atomic mass is 9.92. The fraction of sp³-hybridized carbons (Fsp3) is 0.405. The maximum absolute atomic E-state index is 14.6. The molecule has 2 aliphatic heterocycles. The van der Waals surface area contributed by atoms with E-state index >= 15 is 0 Å². The summed E-state index contributed by atoms with van der Waals surface area (Å²) in [4.78, 5) is 35.5. The summed E-state index contributed by atoms with van der Waals surface area (Å²) in [5.41, 5.74) is 3.77. The molecule has 54 heavy (non-hydrogen) atoms. The molecule has 3 aliphatic rings. The molecule has 6 rings (SSSR count). The Morgan fingerprint density at radius 1 is 0.870 bits per heavy atom. The van der Waals surface area contributed by atoms with E-state index in [9.17, 15) is 9.59 Å². The Labute approximate surface area is 327 Å². The van der Waals surface area contributed by atoms with Crippen LogP contribution in [0.2, 0.25) is 15.1 Å². The molecule has 0 radical (unpaired) electrons. The number of hydrogen-bond donors (Lipinski definition) is 2. The van der Waals surface area contributed by atoms with Crippen molar-refractivity contribution in [2.45, 2.75) is 38.8 Å². The number of nitrogens with zero attached hydrogens (tertiary/aromatic N) is 3. The molecule has 2 N–H and O–H groups in total. The molecular formula is C37H40Cl3N3O11. The molecule has 0 spiro atoms. The van der Waals surface area contributed by atoms with Gasteiger partial charge in [0.15, 0.2) is 17.2 Å². The fourth-order valence-electron chi connectivity index (χ4n) is 6.06. The zero-order chi connectivity index (χ0) is 38.2. The number of carbonyl (C=O) groups excluding carboxylic acids is 2. The average molecular weight is 809 g/mol. The van der Waals surface area contributed by atoms with Gasteiger partial charge in [-0.25, -0.2) is 9.63 Å². The zero-order valence-corrected chi connectivity index (χ0v) is 31.7. The van der Waals surface area contributed by atoms with Crippen molar-refractivity contribution in [2.24, 2.45) is 0 Å². The minimum atomic E-state index is -0.591. The van der Waals surface area contributed by atoms with E-state index in [0.717, 1.165) is 35.1 Å². The molecule has 2 heterocycles. The molecule has 2 amide bonds. The van der Waals surface area contributed by atoms with Crippen molar-refractivity contribution in [3.8, 4) is 23.0 Å². The van der Waals surface area contributed by atoms with Crippen LogP contribution in [0.3, 0.4) is 0 Å². The number of rotatable bonds is 17. The second kappa shape index (κ2) is 18.6. The average Bonchev–Trinajstić information content (AvgIpc) is 3.89. The lowest BCUT2D eigenvalue weighted by Gasteiger charge is -2.33. The fourth-order valence-corrected chi connectivity index (χ4v) is 6.98. The number of aryl methyl sites for hydroxylation is 1. The molecule has 290 valence electrons. The lowest BCUT2D eigenvalue weighted by Crippen LogP contribution is -2.43. The van der Waals surface area contributed by atoms with E-state index in [1.54, 1.807) is 24.3 Å². The summed E-state index contributed by atoms with van der Waals surface area (Å²) in [5, 5.41) is 18.1. The van der Waals surface area contributed by atoms with Gasteiger partial charge in [-0.05, 0) is 78.8 Å². The quantitative estimate of drug-likeness (QED) is 0.107. The number of ether oxygens (including phenoxy) is 6. The van der Waals surface area contributed by atoms with Gasteiger partial charge in [0.25, 0.3) is 5.91 Å². The van der Waals surface area contributed by atoms with Gasteiger partial charge in [0.2, 0.25) is 6.79 Å². The number of halogens is 3. The van der Waals surface area contributed by atoms with Crippen molar-refractivity contribution in [1.29, 1.82) is 0 Å². The van der Waals surface area contributed by atoms with Crippen LogP contribution in [0.4, 0.5) is 4.79 Å². The molecule has 3 aromatic rings. The Bertz CT molecular complexity index is 1820. The van der Waals surface area contributed by atoms with Gasteiger partial charge < -0.3 is 38.2 Å². The maximum Gasteiger partial charge on any atom is 0.410 e. The molecule has 1 fully saturated rings. The highest BCUT2D eigenvalue weighted by Gasteiger charge is 2.38. The Kier molecular flexibility index (Phi) is 13.6. The van der Waals surface area contributed by atoms with Gasteiger partial charge in [0.1, 0.15) is 25.6 Å². The first-order valence-corrected chi connectivity index (χ1v) is 18.4. The van der Waals surface area contributed by atoms with E-state index in [1.807, 2.05) is 36.1 Å². The molecule has 14 nitrogen and oxygen atoms in total. The van der Waals surface area contributed by atoms with E-state index < -0.39 is 11.5 Å². The van der Waals surface area contributed by atoms with E-state index in [1.165, 1.54) is 4.90 Å². The maximum atomic E-state index is 14.6. The normalized spacial score (nSPS) is 15.1. The topological polar surface area (TPSA) is 149 Å². The molecular weight excluding hydrogens is 769 g/mol. The van der Waals surface area contributed by atoms with E-state index in [2.05, 4.69) is 4.84 Å². The first-order chi connectivity index (χ1) is 26.1. The molecule has 0 aromatic heterocycles. The van der Waals surface area contributed by atoms with E-state index in [4.69, 9.17) is 73.6 Å². The second-order valence-electron chi connectivity index (χ2n) is 12.7. The predicted octanol–water partition coefficient (Wildman–Crippen LogP) is 6.96. The van der Waals surface area contributed by atoms with Crippen molar-refractivity contribution in [1.82, 2.24) is 15.2 Å². The third-order valence-corrected chi connectivity index (χ3v) is 9.74. The van der Waals surface area contributed by atoms with Crippen molar-refractivity contribution in [2.75, 3.05) is 59.5 Å². The van der Waals surface area contributed by atoms with Crippen molar-refractivity contribution in [3.05, 3.63) is 85.9 Å². The summed E-state index contributed by atoms with van der Waals surface area (Å²) >= 11 is 19.2. The third kappa shape index (κ3) is 10.4. The largest absolute Gasteiger partial charge is 0.490 e. The standard InChI is InChI=1S/C37H40Cl3N3O11/c1-23-16-31(39)35(32(40)17-23)50-14-13-49-27-6-2-24(3-7-27)28-8-9-41(37(45)51-12-10-48-11-15-54-43(46)47)21-29(28)36(44)42(26-4-5-26)20-25-18-33-34(19-30(25)38)53-22-52-33/h2-3,6-7,16-19,26,46-47H,4-5,8-15,20-22H2,1H3. The Morgan fingerprint density at radius 3 is 2.26 bits per heavy atom. The highest BCUT2D eigenvalue weighted by atomic mass is 35.5. The Morgan fingerprint density at radius 2 is 1.56 bits per heavy atom. The number of hydrogen-bond acceptors (Lipinski definition) is 12. The number of benzene rings is 3. The van der Waals surface area contributed by atoms with Gasteiger partial charge >= 0.3 is 6.09 Å². The van der Waals surface area contributed by atoms with E-state index in [-0.39, 0.29) is 71.5 Å². The SMILES string of the molecule is Cc1cc(Cl)c(OCCOc2ccc(C3=C(C(=O)N(Cc4cc5c(cc4Cl)OCO5)C4CC4)CN(C(=O)OCCOCCON(O)O)CC3)cc2)c(Cl)c1. The molecule has 0 bridgehead atoms. The van der Waals surface area contributed by atoms with Gasteiger partial charge in [0, 0.05) is 35.8 Å². The van der Waals surface area contributed by atoms with Crippen LogP contribution in [0.25, 0.3) is 5.57 Å². The van der Waals surface area contributed by atoms with Crippen molar-refractivity contribution < 1.29 is 53.3 Å². The molecule has 0 unspecified atom stereocenters.